The Labute approximate surface area is 247 Å². The van der Waals surface area contributed by atoms with E-state index in [1.807, 2.05) is 62.4 Å². The lowest BCUT2D eigenvalue weighted by Crippen LogP contribution is -2.64. The minimum atomic E-state index is -1.07. The number of hydrogen-bond donors (Lipinski definition) is 4. The smallest absolute Gasteiger partial charge is 0.246 e. The van der Waals surface area contributed by atoms with Gasteiger partial charge in [0.2, 0.25) is 17.7 Å². The molecule has 8 nitrogen and oxygen atoms in total. The highest BCUT2D eigenvalue weighted by Gasteiger charge is 2.45. The molecule has 1 heterocycles. The lowest BCUT2D eigenvalue weighted by atomic mass is 9.92. The Bertz CT molecular complexity index is 1240. The summed E-state index contributed by atoms with van der Waals surface area (Å²) in [5, 5.41) is 13.0. The number of amides is 3. The quantitative estimate of drug-likeness (QED) is 0.437. The molecule has 0 radical (unpaired) electrons. The van der Waals surface area contributed by atoms with Gasteiger partial charge in [0.1, 0.15) is 23.9 Å². The third-order valence-corrected chi connectivity index (χ3v) is 8.27. The highest BCUT2D eigenvalue weighted by Crippen LogP contribution is 2.31. The molecule has 1 aliphatic heterocycles. The molecule has 1 saturated carbocycles. The minimum absolute atomic E-state index is 0.0404. The maximum Gasteiger partial charge on any atom is 0.246 e. The predicted octanol–water partition coefficient (Wildman–Crippen LogP) is 4.02. The molecule has 3 amide bonds. The molecule has 2 aromatic rings. The molecule has 9 heteroatoms. The number of ether oxygens (including phenoxy) is 1. The Morgan fingerprint density at radius 3 is 2.59 bits per heavy atom. The number of carbonyl (C=O) groups is 3. The van der Waals surface area contributed by atoms with Crippen LogP contribution in [-0.2, 0) is 20.8 Å². The van der Waals surface area contributed by atoms with Crippen molar-refractivity contribution in [3.05, 3.63) is 70.8 Å². The van der Waals surface area contributed by atoms with E-state index in [2.05, 4.69) is 21.3 Å². The summed E-state index contributed by atoms with van der Waals surface area (Å²) in [7, 11) is 0. The first-order chi connectivity index (χ1) is 19.8. The zero-order valence-corrected chi connectivity index (χ0v) is 24.6. The number of carbonyl (C=O) groups excluding carboxylic acids is 3. The lowest BCUT2D eigenvalue weighted by molar-refractivity contribution is -0.137. The fourth-order valence-corrected chi connectivity index (χ4v) is 5.70. The summed E-state index contributed by atoms with van der Waals surface area (Å²) >= 11 is 6.21. The van der Waals surface area contributed by atoms with Crippen molar-refractivity contribution in [3.63, 3.8) is 0 Å². The first-order valence-corrected chi connectivity index (χ1v) is 15.0. The van der Waals surface area contributed by atoms with Crippen molar-refractivity contribution in [2.24, 2.45) is 5.92 Å². The maximum absolute atomic E-state index is 13.9. The van der Waals surface area contributed by atoms with Crippen molar-refractivity contribution >= 4 is 35.4 Å². The number of fused-ring (bicyclic) bond motifs is 1. The van der Waals surface area contributed by atoms with Gasteiger partial charge < -0.3 is 26.0 Å². The van der Waals surface area contributed by atoms with Crippen LogP contribution in [0.5, 0.6) is 5.75 Å². The molecular formula is C32H41ClN4O4. The molecule has 0 unspecified atom stereocenters. The first-order valence-electron chi connectivity index (χ1n) is 14.6. The van der Waals surface area contributed by atoms with E-state index in [0.29, 0.717) is 31.0 Å². The van der Waals surface area contributed by atoms with Crippen molar-refractivity contribution in [3.8, 4) is 5.75 Å². The molecule has 1 spiro atoms. The molecule has 3 atom stereocenters. The molecule has 0 bridgehead atoms. The Morgan fingerprint density at radius 2 is 1.83 bits per heavy atom. The van der Waals surface area contributed by atoms with E-state index >= 15 is 0 Å². The molecule has 0 aromatic heterocycles. The second-order valence-corrected chi connectivity index (χ2v) is 11.4. The van der Waals surface area contributed by atoms with Crippen LogP contribution in [0.25, 0.3) is 6.08 Å². The summed E-state index contributed by atoms with van der Waals surface area (Å²) in [4.78, 5) is 41.0. The van der Waals surface area contributed by atoms with Gasteiger partial charge in [-0.05, 0) is 42.5 Å². The van der Waals surface area contributed by atoms with Gasteiger partial charge in [0, 0.05) is 30.1 Å². The average Bonchev–Trinajstić information content (AvgIpc) is 3.44. The summed E-state index contributed by atoms with van der Waals surface area (Å²) in [6, 6.07) is 13.6. The van der Waals surface area contributed by atoms with Gasteiger partial charge >= 0.3 is 0 Å². The van der Waals surface area contributed by atoms with Crippen LogP contribution in [0.1, 0.15) is 57.1 Å². The topological polar surface area (TPSA) is 109 Å². The van der Waals surface area contributed by atoms with Crippen molar-refractivity contribution in [2.75, 3.05) is 19.7 Å². The highest BCUT2D eigenvalue weighted by atomic mass is 35.5. The molecule has 0 saturated heterocycles. The fourth-order valence-electron chi connectivity index (χ4n) is 5.49. The van der Waals surface area contributed by atoms with Gasteiger partial charge in [0.25, 0.3) is 0 Å². The van der Waals surface area contributed by atoms with E-state index in [-0.39, 0.29) is 36.6 Å². The van der Waals surface area contributed by atoms with Crippen LogP contribution < -0.4 is 26.0 Å². The van der Waals surface area contributed by atoms with Crippen LogP contribution in [0, 0.1) is 5.92 Å². The normalized spacial score (nSPS) is 23.6. The zero-order valence-electron chi connectivity index (χ0n) is 23.9. The Balaban J connectivity index is 1.64. The summed E-state index contributed by atoms with van der Waals surface area (Å²) in [6.07, 6.45) is 7.49. The van der Waals surface area contributed by atoms with Crippen molar-refractivity contribution in [1.82, 2.24) is 21.3 Å². The molecule has 41 heavy (non-hydrogen) atoms. The van der Waals surface area contributed by atoms with Crippen LogP contribution in [0.4, 0.5) is 0 Å². The van der Waals surface area contributed by atoms with E-state index in [1.54, 1.807) is 12.1 Å². The third kappa shape index (κ3) is 8.11. The monoisotopic (exact) mass is 580 g/mol. The van der Waals surface area contributed by atoms with E-state index in [4.69, 9.17) is 16.3 Å². The van der Waals surface area contributed by atoms with Gasteiger partial charge in [-0.15, -0.1) is 0 Å². The van der Waals surface area contributed by atoms with Gasteiger partial charge in [-0.2, -0.15) is 0 Å². The van der Waals surface area contributed by atoms with Crippen molar-refractivity contribution in [2.45, 2.75) is 70.0 Å². The molecule has 220 valence electrons. The summed E-state index contributed by atoms with van der Waals surface area (Å²) in [5.74, 6) is -0.0940. The Morgan fingerprint density at radius 1 is 1.05 bits per heavy atom. The molecular weight excluding hydrogens is 540 g/mol. The van der Waals surface area contributed by atoms with Gasteiger partial charge in [-0.3, -0.25) is 14.4 Å². The number of nitrogens with one attached hydrogen (secondary N) is 4. The minimum Gasteiger partial charge on any atom is -0.492 e. The first kappa shape index (κ1) is 30.6. The Hall–Kier alpha value is -3.36. The molecule has 1 aliphatic carbocycles. The number of rotatable bonds is 4. The van der Waals surface area contributed by atoms with E-state index in [9.17, 15) is 14.4 Å². The van der Waals surface area contributed by atoms with E-state index in [0.717, 1.165) is 36.1 Å². The van der Waals surface area contributed by atoms with Gasteiger partial charge in [-0.25, -0.2) is 0 Å². The number of hydrogen-bond acceptors (Lipinski definition) is 5. The van der Waals surface area contributed by atoms with Gasteiger partial charge in [0.05, 0.1) is 6.04 Å². The SMILES string of the molecule is CC[C@H](C)[C@@H]1NCCOc2ccccc2/C=C/CNC(=O)[C@H](Cc2cccc(Cl)c2)NC(=O)C2(CCCC2)NC1=O. The van der Waals surface area contributed by atoms with E-state index < -0.39 is 17.6 Å². The Kier molecular flexibility index (Phi) is 10.8. The van der Waals surface area contributed by atoms with Crippen LogP contribution in [0.2, 0.25) is 5.02 Å². The van der Waals surface area contributed by atoms with Crippen LogP contribution in [-0.4, -0.2) is 55.0 Å². The number of benzene rings is 2. The largest absolute Gasteiger partial charge is 0.492 e. The van der Waals surface area contributed by atoms with Crippen molar-refractivity contribution < 1.29 is 19.1 Å². The molecule has 1 fully saturated rings. The average molecular weight is 581 g/mol. The third-order valence-electron chi connectivity index (χ3n) is 8.03. The van der Waals surface area contributed by atoms with Gasteiger partial charge in [0.15, 0.2) is 0 Å². The second-order valence-electron chi connectivity index (χ2n) is 11.0. The maximum atomic E-state index is 13.9. The number of halogens is 1. The highest BCUT2D eigenvalue weighted by molar-refractivity contribution is 6.30. The van der Waals surface area contributed by atoms with E-state index in [1.165, 1.54) is 0 Å². The molecule has 2 aliphatic rings. The van der Waals surface area contributed by atoms with Crippen LogP contribution in [0.3, 0.4) is 0 Å². The predicted molar refractivity (Wildman–Crippen MR) is 162 cm³/mol. The van der Waals surface area contributed by atoms with Gasteiger partial charge in [-0.1, -0.05) is 87.2 Å². The van der Waals surface area contributed by atoms with Crippen molar-refractivity contribution in [1.29, 1.82) is 0 Å². The lowest BCUT2D eigenvalue weighted by Gasteiger charge is -2.34. The second kappa shape index (κ2) is 14.5. The standard InChI is InChI=1S/C32H41ClN4O4/c1-3-22(2)28-30(39)37-32(15-6-7-16-32)31(40)36-26(21-23-10-8-13-25(33)20-23)29(38)35-17-9-12-24-11-4-5-14-27(24)41-19-18-34-28/h4-5,8-14,20,22,26,28,34H,3,6-7,15-19,21H2,1-2H3,(H,35,38)(H,36,40)(H,37,39)/b12-9+/t22-,26-,28-/m0/s1. The van der Waals surface area contributed by atoms with Crippen LogP contribution in [0.15, 0.2) is 54.6 Å². The summed E-state index contributed by atoms with van der Waals surface area (Å²) in [6.45, 7) is 5.18. The number of para-hydroxylation sites is 1. The molecule has 2 aromatic carbocycles. The molecule has 4 rings (SSSR count). The summed E-state index contributed by atoms with van der Waals surface area (Å²) < 4.78 is 6.05. The molecule has 4 N–H and O–H groups in total. The zero-order chi connectivity index (χ0) is 29.2. The fraction of sp³-hybridized carbons (Fsp3) is 0.469. The summed E-state index contributed by atoms with van der Waals surface area (Å²) in [5.41, 5.74) is 0.635. The van der Waals surface area contributed by atoms with Crippen LogP contribution >= 0.6 is 11.6 Å².